The van der Waals surface area contributed by atoms with Crippen LogP contribution in [0.15, 0.2) is 12.4 Å². The molecule has 1 aromatic heterocycles. The van der Waals surface area contributed by atoms with E-state index in [0.29, 0.717) is 0 Å². The van der Waals surface area contributed by atoms with Crippen LogP contribution in [0.25, 0.3) is 0 Å². The molecule has 66 valence electrons. The fraction of sp³-hybridized carbons (Fsp3) is 0.125. The van der Waals surface area contributed by atoms with E-state index < -0.39 is 12.0 Å². The first-order chi connectivity index (χ1) is 6.20. The summed E-state index contributed by atoms with van der Waals surface area (Å²) in [5.74, 6) is 0. The molecule has 0 amide bonds. The Balaban J connectivity index is 3.40. The minimum absolute atomic E-state index is 0.242. The molecule has 0 aliphatic rings. The van der Waals surface area contributed by atoms with Gasteiger partial charge in [0.2, 0.25) is 0 Å². The van der Waals surface area contributed by atoms with Gasteiger partial charge < -0.3 is 0 Å². The highest BCUT2D eigenvalue weighted by atomic mass is 19.3. The number of carbonyl (C=O) groups is 1. The molecule has 1 heterocycles. The lowest BCUT2D eigenvalue weighted by atomic mass is 10.1. The molecule has 1 aromatic rings. The Labute approximate surface area is 72.6 Å². The second-order valence-electron chi connectivity index (χ2n) is 2.22. The zero-order valence-corrected chi connectivity index (χ0v) is 6.37. The molecule has 0 saturated heterocycles. The Morgan fingerprint density at radius 2 is 2.23 bits per heavy atom. The number of nitrogens with zero attached hydrogens (tertiary/aromatic N) is 2. The SMILES string of the molecule is N#Cc1cncc(C=O)c1C(F)F. The smallest absolute Gasteiger partial charge is 0.265 e. The van der Waals surface area contributed by atoms with Gasteiger partial charge in [0.25, 0.3) is 6.43 Å². The molecule has 0 saturated carbocycles. The topological polar surface area (TPSA) is 53.8 Å². The number of aldehydes is 1. The molecule has 3 nitrogen and oxygen atoms in total. The maximum absolute atomic E-state index is 12.3. The third-order valence-electron chi connectivity index (χ3n) is 1.48. The molecule has 0 spiro atoms. The minimum atomic E-state index is -2.84. The van der Waals surface area contributed by atoms with E-state index in [9.17, 15) is 13.6 Å². The Hall–Kier alpha value is -1.83. The third kappa shape index (κ3) is 1.67. The number of hydrogen-bond donors (Lipinski definition) is 0. The number of carbonyl (C=O) groups excluding carboxylic acids is 1. The number of halogens is 2. The molecule has 0 bridgehead atoms. The Kier molecular flexibility index (Phi) is 2.65. The zero-order chi connectivity index (χ0) is 9.84. The van der Waals surface area contributed by atoms with Crippen molar-refractivity contribution in [2.75, 3.05) is 0 Å². The second kappa shape index (κ2) is 3.72. The molecular formula is C8H4F2N2O. The van der Waals surface area contributed by atoms with E-state index in [4.69, 9.17) is 5.26 Å². The summed E-state index contributed by atoms with van der Waals surface area (Å²) < 4.78 is 24.6. The maximum Gasteiger partial charge on any atom is 0.265 e. The molecule has 5 heteroatoms. The quantitative estimate of drug-likeness (QED) is 0.654. The van der Waals surface area contributed by atoms with Crippen molar-refractivity contribution in [3.05, 3.63) is 29.1 Å². The van der Waals surface area contributed by atoms with Crippen LogP contribution < -0.4 is 0 Å². The molecule has 0 aliphatic heterocycles. The van der Waals surface area contributed by atoms with Crippen LogP contribution in [-0.2, 0) is 0 Å². The molecule has 0 aliphatic carbocycles. The van der Waals surface area contributed by atoms with Crippen molar-refractivity contribution in [1.82, 2.24) is 4.98 Å². The molecule has 1 rings (SSSR count). The molecule has 13 heavy (non-hydrogen) atoms. The number of pyridine rings is 1. The lowest BCUT2D eigenvalue weighted by Crippen LogP contribution is -1.98. The number of alkyl halides is 2. The Morgan fingerprint density at radius 3 is 2.69 bits per heavy atom. The van der Waals surface area contributed by atoms with E-state index in [1.165, 1.54) is 0 Å². The van der Waals surface area contributed by atoms with Crippen LogP contribution in [0.3, 0.4) is 0 Å². The number of nitriles is 1. The summed E-state index contributed by atoms with van der Waals surface area (Å²) in [5.41, 5.74) is -1.05. The van der Waals surface area contributed by atoms with Crippen LogP contribution >= 0.6 is 0 Å². The summed E-state index contributed by atoms with van der Waals surface area (Å²) >= 11 is 0. The van der Waals surface area contributed by atoms with Gasteiger partial charge in [0, 0.05) is 23.5 Å². The van der Waals surface area contributed by atoms with Crippen LogP contribution in [-0.4, -0.2) is 11.3 Å². The van der Waals surface area contributed by atoms with Gasteiger partial charge in [-0.05, 0) is 0 Å². The minimum Gasteiger partial charge on any atom is -0.298 e. The van der Waals surface area contributed by atoms with Crippen LogP contribution in [0.2, 0.25) is 0 Å². The van der Waals surface area contributed by atoms with Crippen molar-refractivity contribution in [3.8, 4) is 6.07 Å². The van der Waals surface area contributed by atoms with Gasteiger partial charge in [-0.2, -0.15) is 5.26 Å². The lowest BCUT2D eigenvalue weighted by molar-refractivity contribution is 0.110. The van der Waals surface area contributed by atoms with Gasteiger partial charge in [0.15, 0.2) is 6.29 Å². The third-order valence-corrected chi connectivity index (χ3v) is 1.48. The first-order valence-corrected chi connectivity index (χ1v) is 3.32. The number of hydrogen-bond acceptors (Lipinski definition) is 3. The molecule has 0 atom stereocenters. The van der Waals surface area contributed by atoms with E-state index in [-0.39, 0.29) is 17.4 Å². The highest BCUT2D eigenvalue weighted by Crippen LogP contribution is 2.24. The van der Waals surface area contributed by atoms with Crippen LogP contribution in [0.5, 0.6) is 0 Å². The van der Waals surface area contributed by atoms with Crippen molar-refractivity contribution >= 4 is 6.29 Å². The van der Waals surface area contributed by atoms with Gasteiger partial charge >= 0.3 is 0 Å². The first-order valence-electron chi connectivity index (χ1n) is 3.32. The van der Waals surface area contributed by atoms with Crippen molar-refractivity contribution in [1.29, 1.82) is 5.26 Å². The van der Waals surface area contributed by atoms with E-state index in [1.54, 1.807) is 6.07 Å². The summed E-state index contributed by atoms with van der Waals surface area (Å²) in [6.07, 6.45) is -0.558. The van der Waals surface area contributed by atoms with Gasteiger partial charge in [0.1, 0.15) is 6.07 Å². The van der Waals surface area contributed by atoms with Crippen molar-refractivity contribution < 1.29 is 13.6 Å². The van der Waals surface area contributed by atoms with Gasteiger partial charge in [-0.1, -0.05) is 0 Å². The molecule has 0 unspecified atom stereocenters. The molecule has 0 aromatic carbocycles. The molecular weight excluding hydrogens is 178 g/mol. The standard InChI is InChI=1S/C8H4F2N2O/c9-8(10)7-5(1-11)2-12-3-6(7)4-13/h2-4,8H. The summed E-state index contributed by atoms with van der Waals surface area (Å²) in [5, 5.41) is 8.45. The van der Waals surface area contributed by atoms with Gasteiger partial charge in [-0.15, -0.1) is 0 Å². The van der Waals surface area contributed by atoms with E-state index >= 15 is 0 Å². The highest BCUT2D eigenvalue weighted by Gasteiger charge is 2.17. The number of rotatable bonds is 2. The zero-order valence-electron chi connectivity index (χ0n) is 6.37. The van der Waals surface area contributed by atoms with E-state index in [0.717, 1.165) is 12.4 Å². The maximum atomic E-state index is 12.3. The van der Waals surface area contributed by atoms with E-state index in [1.807, 2.05) is 0 Å². The van der Waals surface area contributed by atoms with Crippen LogP contribution in [0, 0.1) is 11.3 Å². The average Bonchev–Trinajstić information content (AvgIpc) is 2.16. The average molecular weight is 182 g/mol. The Bertz CT molecular complexity index is 371. The molecule has 0 radical (unpaired) electrons. The van der Waals surface area contributed by atoms with Crippen LogP contribution in [0.4, 0.5) is 8.78 Å². The van der Waals surface area contributed by atoms with Crippen molar-refractivity contribution in [3.63, 3.8) is 0 Å². The summed E-state index contributed by atoms with van der Waals surface area (Å²) in [6.45, 7) is 0. The lowest BCUT2D eigenvalue weighted by Gasteiger charge is -2.03. The fourth-order valence-corrected chi connectivity index (χ4v) is 0.913. The summed E-state index contributed by atoms with van der Waals surface area (Å²) in [7, 11) is 0. The highest BCUT2D eigenvalue weighted by molar-refractivity contribution is 5.78. The monoisotopic (exact) mass is 182 g/mol. The van der Waals surface area contributed by atoms with Crippen molar-refractivity contribution in [2.45, 2.75) is 6.43 Å². The fourth-order valence-electron chi connectivity index (χ4n) is 0.913. The van der Waals surface area contributed by atoms with Crippen molar-refractivity contribution in [2.24, 2.45) is 0 Å². The molecule has 0 N–H and O–H groups in total. The first kappa shape index (κ1) is 9.26. The molecule has 0 fully saturated rings. The van der Waals surface area contributed by atoms with Gasteiger partial charge in [-0.3, -0.25) is 9.78 Å². The number of aromatic nitrogens is 1. The normalized spacial score (nSPS) is 9.69. The predicted octanol–water partition coefficient (Wildman–Crippen LogP) is 1.70. The van der Waals surface area contributed by atoms with Gasteiger partial charge in [-0.25, -0.2) is 8.78 Å². The summed E-state index contributed by atoms with van der Waals surface area (Å²) in [4.78, 5) is 13.8. The van der Waals surface area contributed by atoms with E-state index in [2.05, 4.69) is 4.98 Å². The largest absolute Gasteiger partial charge is 0.298 e. The van der Waals surface area contributed by atoms with Gasteiger partial charge in [0.05, 0.1) is 5.56 Å². The Morgan fingerprint density at radius 1 is 1.54 bits per heavy atom. The second-order valence-corrected chi connectivity index (χ2v) is 2.22. The van der Waals surface area contributed by atoms with Crippen LogP contribution in [0.1, 0.15) is 27.9 Å². The summed E-state index contributed by atoms with van der Waals surface area (Å²) in [6, 6.07) is 1.55. The predicted molar refractivity (Wildman–Crippen MR) is 39.3 cm³/mol.